The van der Waals surface area contributed by atoms with Crippen molar-refractivity contribution >= 4 is 10.8 Å². The molecule has 6 nitrogen and oxygen atoms in total. The Hall–Kier alpha value is -3.15. The number of phenols is 1. The molecule has 0 saturated heterocycles. The highest BCUT2D eigenvalue weighted by atomic mass is 16.6. The molecule has 1 aromatic heterocycles. The van der Waals surface area contributed by atoms with Gasteiger partial charge in [-0.05, 0) is 48.1 Å². The van der Waals surface area contributed by atoms with Crippen molar-refractivity contribution in [3.63, 3.8) is 0 Å². The second-order valence-corrected chi connectivity index (χ2v) is 6.24. The minimum Gasteiger partial charge on any atom is -0.504 e. The minimum atomic E-state index is 0.114. The highest BCUT2D eigenvalue weighted by Crippen LogP contribution is 2.41. The van der Waals surface area contributed by atoms with Crippen LogP contribution >= 0.6 is 0 Å². The Morgan fingerprint density at radius 1 is 1.07 bits per heavy atom. The van der Waals surface area contributed by atoms with Gasteiger partial charge in [0.05, 0.1) is 13.7 Å². The third-order valence-corrected chi connectivity index (χ3v) is 4.54. The van der Waals surface area contributed by atoms with Crippen molar-refractivity contribution < 1.29 is 24.1 Å². The summed E-state index contributed by atoms with van der Waals surface area (Å²) >= 11 is 0. The third-order valence-electron chi connectivity index (χ3n) is 4.54. The van der Waals surface area contributed by atoms with Crippen molar-refractivity contribution in [3.05, 3.63) is 47.8 Å². The Morgan fingerprint density at radius 2 is 1.93 bits per heavy atom. The molecule has 0 unspecified atom stereocenters. The van der Waals surface area contributed by atoms with Crippen molar-refractivity contribution in [1.82, 2.24) is 4.98 Å². The number of fused-ring (bicyclic) bond motifs is 2. The average Bonchev–Trinajstić information content (AvgIpc) is 2.70. The number of benzene rings is 2. The Bertz CT molecular complexity index is 969. The van der Waals surface area contributed by atoms with Crippen LogP contribution in [0, 0.1) is 0 Å². The molecular formula is C21H21NO5. The molecule has 2 heterocycles. The van der Waals surface area contributed by atoms with E-state index in [1.807, 2.05) is 31.3 Å². The monoisotopic (exact) mass is 367 g/mol. The number of hydrogen-bond acceptors (Lipinski definition) is 6. The lowest BCUT2D eigenvalue weighted by atomic mass is 9.99. The molecule has 140 valence electrons. The second kappa shape index (κ2) is 7.23. The van der Waals surface area contributed by atoms with E-state index in [0.717, 1.165) is 16.5 Å². The molecule has 0 radical (unpaired) electrons. The molecule has 1 N–H and O–H groups in total. The number of methoxy groups -OCH3 is 1. The quantitative estimate of drug-likeness (QED) is 0.741. The van der Waals surface area contributed by atoms with E-state index in [2.05, 4.69) is 4.98 Å². The number of aromatic hydroxyl groups is 1. The first-order chi connectivity index (χ1) is 13.2. The first-order valence-corrected chi connectivity index (χ1v) is 8.89. The fourth-order valence-corrected chi connectivity index (χ4v) is 3.33. The zero-order valence-electron chi connectivity index (χ0n) is 15.3. The van der Waals surface area contributed by atoms with Gasteiger partial charge in [-0.2, -0.15) is 0 Å². The topological polar surface area (TPSA) is 70.0 Å². The van der Waals surface area contributed by atoms with Crippen LogP contribution in [0.15, 0.2) is 36.7 Å². The van der Waals surface area contributed by atoms with Gasteiger partial charge in [-0.1, -0.05) is 6.07 Å². The minimum absolute atomic E-state index is 0.114. The van der Waals surface area contributed by atoms with Gasteiger partial charge in [-0.15, -0.1) is 0 Å². The summed E-state index contributed by atoms with van der Waals surface area (Å²) in [5.41, 5.74) is 2.00. The summed E-state index contributed by atoms with van der Waals surface area (Å²) in [7, 11) is 1.62. The maximum Gasteiger partial charge on any atom is 0.203 e. The summed E-state index contributed by atoms with van der Waals surface area (Å²) < 4.78 is 22.3. The van der Waals surface area contributed by atoms with Crippen molar-refractivity contribution in [3.8, 4) is 28.7 Å². The fraction of sp³-hybridized carbons (Fsp3) is 0.286. The lowest BCUT2D eigenvalue weighted by Gasteiger charge is -2.21. The van der Waals surface area contributed by atoms with Crippen molar-refractivity contribution in [1.29, 1.82) is 0 Å². The largest absolute Gasteiger partial charge is 0.504 e. The van der Waals surface area contributed by atoms with Crippen molar-refractivity contribution in [2.24, 2.45) is 0 Å². The highest BCUT2D eigenvalue weighted by molar-refractivity contribution is 5.92. The van der Waals surface area contributed by atoms with Crippen LogP contribution in [0.5, 0.6) is 28.7 Å². The van der Waals surface area contributed by atoms with Crippen LogP contribution in [0.1, 0.15) is 18.1 Å². The Kier molecular flexibility index (Phi) is 4.62. The van der Waals surface area contributed by atoms with Crippen LogP contribution in [0.2, 0.25) is 0 Å². The molecule has 0 amide bonds. The van der Waals surface area contributed by atoms with Gasteiger partial charge in [-0.3, -0.25) is 4.98 Å². The zero-order chi connectivity index (χ0) is 18.8. The van der Waals surface area contributed by atoms with E-state index < -0.39 is 0 Å². The first kappa shape index (κ1) is 17.3. The zero-order valence-corrected chi connectivity index (χ0v) is 15.3. The summed E-state index contributed by atoms with van der Waals surface area (Å²) in [6, 6.07) is 7.65. The second-order valence-electron chi connectivity index (χ2n) is 6.24. The van der Waals surface area contributed by atoms with Crippen LogP contribution in [-0.4, -0.2) is 37.0 Å². The summed E-state index contributed by atoms with van der Waals surface area (Å²) in [4.78, 5) is 4.30. The number of nitrogens with zero attached hydrogens (tertiary/aromatic N) is 1. The maximum atomic E-state index is 10.5. The van der Waals surface area contributed by atoms with Gasteiger partial charge in [0.1, 0.15) is 13.2 Å². The Balaban J connectivity index is 1.75. The van der Waals surface area contributed by atoms with Crippen molar-refractivity contribution in [2.45, 2.75) is 13.3 Å². The van der Waals surface area contributed by atoms with Gasteiger partial charge >= 0.3 is 0 Å². The first-order valence-electron chi connectivity index (χ1n) is 8.89. The molecule has 6 heteroatoms. The van der Waals surface area contributed by atoms with Gasteiger partial charge in [0.2, 0.25) is 5.75 Å². The average molecular weight is 367 g/mol. The van der Waals surface area contributed by atoms with E-state index in [-0.39, 0.29) is 5.75 Å². The smallest absolute Gasteiger partial charge is 0.203 e. The molecule has 0 bridgehead atoms. The van der Waals surface area contributed by atoms with E-state index in [0.29, 0.717) is 54.6 Å². The third kappa shape index (κ3) is 3.18. The molecule has 3 aromatic rings. The molecule has 2 aromatic carbocycles. The SMILES string of the molecule is CCOc1ccc2c(Cc3cc(OC)c4c(c3)OCCO4)cncc2c1O. The molecule has 1 aliphatic heterocycles. The maximum absolute atomic E-state index is 10.5. The summed E-state index contributed by atoms with van der Waals surface area (Å²) in [6.45, 7) is 3.40. The summed E-state index contributed by atoms with van der Waals surface area (Å²) in [5.74, 6) is 2.55. The number of phenolic OH excluding ortho intramolecular Hbond substituents is 1. The molecule has 1 aliphatic rings. The predicted molar refractivity (Wildman–Crippen MR) is 101 cm³/mol. The van der Waals surface area contributed by atoms with Gasteiger partial charge < -0.3 is 24.1 Å². The van der Waals surface area contributed by atoms with E-state index in [4.69, 9.17) is 18.9 Å². The number of rotatable bonds is 5. The van der Waals surface area contributed by atoms with E-state index in [1.165, 1.54) is 0 Å². The molecule has 4 rings (SSSR count). The molecule has 0 aliphatic carbocycles. The normalized spacial score (nSPS) is 12.8. The van der Waals surface area contributed by atoms with Crippen LogP contribution in [0.25, 0.3) is 10.8 Å². The standard InChI is InChI=1S/C21H21NO5/c1-3-25-17-5-4-15-14(11-22-12-16(15)20(17)23)8-13-9-18(24-2)21-19(10-13)26-6-7-27-21/h4-5,9-12,23H,3,6-8H2,1-2H3. The Labute approximate surface area is 157 Å². The fourth-order valence-electron chi connectivity index (χ4n) is 3.33. The molecule has 0 fully saturated rings. The number of hydrogen-bond donors (Lipinski definition) is 1. The predicted octanol–water partition coefficient (Wildman–Crippen LogP) is 3.71. The van der Waals surface area contributed by atoms with Gasteiger partial charge in [-0.25, -0.2) is 0 Å². The number of aromatic nitrogens is 1. The van der Waals surface area contributed by atoms with E-state index >= 15 is 0 Å². The molecule has 0 spiro atoms. The van der Waals surface area contributed by atoms with E-state index in [1.54, 1.807) is 19.4 Å². The van der Waals surface area contributed by atoms with Crippen LogP contribution < -0.4 is 18.9 Å². The molecule has 0 atom stereocenters. The molecule has 27 heavy (non-hydrogen) atoms. The highest BCUT2D eigenvalue weighted by Gasteiger charge is 2.19. The van der Waals surface area contributed by atoms with Crippen molar-refractivity contribution in [2.75, 3.05) is 26.9 Å². The van der Waals surface area contributed by atoms with Gasteiger partial charge in [0.25, 0.3) is 0 Å². The lowest BCUT2D eigenvalue weighted by molar-refractivity contribution is 0.165. The Morgan fingerprint density at radius 3 is 2.74 bits per heavy atom. The van der Waals surface area contributed by atoms with Crippen LogP contribution in [-0.2, 0) is 6.42 Å². The summed E-state index contributed by atoms with van der Waals surface area (Å²) in [5, 5.41) is 12.1. The molecular weight excluding hydrogens is 346 g/mol. The number of ether oxygens (including phenoxy) is 4. The molecule has 0 saturated carbocycles. The van der Waals surface area contributed by atoms with Gasteiger partial charge in [0, 0.05) is 17.8 Å². The van der Waals surface area contributed by atoms with Crippen LogP contribution in [0.3, 0.4) is 0 Å². The summed E-state index contributed by atoms with van der Waals surface area (Å²) in [6.07, 6.45) is 4.08. The van der Waals surface area contributed by atoms with Gasteiger partial charge in [0.15, 0.2) is 23.0 Å². The van der Waals surface area contributed by atoms with Crippen LogP contribution in [0.4, 0.5) is 0 Å². The van der Waals surface area contributed by atoms with E-state index in [9.17, 15) is 5.11 Å². The lowest BCUT2D eigenvalue weighted by Crippen LogP contribution is -2.16. The number of pyridine rings is 1.